The first kappa shape index (κ1) is 20.2. The van der Waals surface area contributed by atoms with Crippen LogP contribution in [0.5, 0.6) is 0 Å². The zero-order chi connectivity index (χ0) is 21.3. The average molecular weight is 412 g/mol. The lowest BCUT2D eigenvalue weighted by Crippen LogP contribution is -2.43. The van der Waals surface area contributed by atoms with Gasteiger partial charge in [-0.15, -0.1) is 0 Å². The van der Waals surface area contributed by atoms with Crippen LogP contribution in [0, 0.1) is 11.6 Å². The number of likely N-dealkylation sites (N-methyl/N-ethyl adjacent to an activating group) is 1. The van der Waals surface area contributed by atoms with Gasteiger partial charge in [-0.25, -0.2) is 13.8 Å². The van der Waals surface area contributed by atoms with Gasteiger partial charge in [0.1, 0.15) is 17.2 Å². The number of hydrogen-bond acceptors (Lipinski definition) is 5. The topological polar surface area (TPSA) is 75.6 Å². The molecule has 0 radical (unpaired) electrons. The molecule has 2 heterocycles. The highest BCUT2D eigenvalue weighted by molar-refractivity contribution is 5.97. The van der Waals surface area contributed by atoms with Crippen molar-refractivity contribution in [2.75, 3.05) is 33.2 Å². The molecule has 0 aliphatic carbocycles. The summed E-state index contributed by atoms with van der Waals surface area (Å²) in [5.41, 5.74) is 6.50. The van der Waals surface area contributed by atoms with Crippen molar-refractivity contribution in [3.63, 3.8) is 0 Å². The molecule has 0 atom stereocenters. The fraction of sp³-hybridized carbons (Fsp3) is 0.273. The second-order valence-corrected chi connectivity index (χ2v) is 7.43. The highest BCUT2D eigenvalue weighted by Crippen LogP contribution is 2.32. The minimum atomic E-state index is -0.835. The van der Waals surface area contributed by atoms with Gasteiger partial charge in [0, 0.05) is 38.3 Å². The summed E-state index contributed by atoms with van der Waals surface area (Å²) in [7, 11) is 2.11. The summed E-state index contributed by atoms with van der Waals surface area (Å²) in [6, 6.07) is 10.9. The third-order valence-corrected chi connectivity index (χ3v) is 5.26. The van der Waals surface area contributed by atoms with Crippen LogP contribution in [0.1, 0.15) is 16.1 Å². The van der Waals surface area contributed by atoms with Crippen LogP contribution in [0.15, 0.2) is 46.9 Å². The number of nitrogens with zero attached hydrogens (tertiary/aromatic N) is 3. The van der Waals surface area contributed by atoms with E-state index in [1.54, 1.807) is 12.1 Å². The Labute approximate surface area is 172 Å². The summed E-state index contributed by atoms with van der Waals surface area (Å²) < 4.78 is 33.8. The summed E-state index contributed by atoms with van der Waals surface area (Å²) in [5.74, 6) is -2.73. The Morgan fingerprint density at radius 1 is 1.07 bits per heavy atom. The molecule has 4 rings (SSSR count). The maximum absolute atomic E-state index is 14.1. The van der Waals surface area contributed by atoms with Gasteiger partial charge in [-0.05, 0) is 24.7 Å². The van der Waals surface area contributed by atoms with Crippen LogP contribution in [0.3, 0.4) is 0 Å². The minimum Gasteiger partial charge on any atom is -0.435 e. The maximum Gasteiger partial charge on any atom is 0.271 e. The average Bonchev–Trinajstić information content (AvgIpc) is 3.15. The third-order valence-electron chi connectivity index (χ3n) is 5.26. The summed E-state index contributed by atoms with van der Waals surface area (Å²) in [6.07, 6.45) is 0. The van der Waals surface area contributed by atoms with Crippen molar-refractivity contribution >= 4 is 5.91 Å². The van der Waals surface area contributed by atoms with Crippen molar-refractivity contribution in [1.29, 1.82) is 0 Å². The Morgan fingerprint density at radius 3 is 2.30 bits per heavy atom. The standard InChI is InChI=1S/C22H22F2N4O2/c1-27-9-11-28(12-10-27)13-14-5-7-15(8-6-14)20-19(21(25)29)26-22(30-20)18-16(23)3-2-4-17(18)24/h2-8H,9-13H2,1H3,(H2,25,29). The van der Waals surface area contributed by atoms with Crippen molar-refractivity contribution in [2.24, 2.45) is 5.73 Å². The van der Waals surface area contributed by atoms with Gasteiger partial charge in [0.05, 0.1) is 0 Å². The van der Waals surface area contributed by atoms with E-state index in [1.165, 1.54) is 6.07 Å². The smallest absolute Gasteiger partial charge is 0.271 e. The van der Waals surface area contributed by atoms with Gasteiger partial charge >= 0.3 is 0 Å². The predicted octanol–water partition coefficient (Wildman–Crippen LogP) is 3.13. The molecule has 0 spiro atoms. The van der Waals surface area contributed by atoms with Gasteiger partial charge in [-0.1, -0.05) is 30.3 Å². The number of piperazine rings is 1. The summed E-state index contributed by atoms with van der Waals surface area (Å²) in [5, 5.41) is 0. The van der Waals surface area contributed by atoms with E-state index in [0.717, 1.165) is 50.4 Å². The number of carbonyl (C=O) groups is 1. The number of nitrogens with two attached hydrogens (primary N) is 1. The lowest BCUT2D eigenvalue weighted by Gasteiger charge is -2.32. The molecule has 3 aromatic rings. The van der Waals surface area contributed by atoms with Crippen LogP contribution in [0.25, 0.3) is 22.8 Å². The molecule has 1 saturated heterocycles. The van der Waals surface area contributed by atoms with Gasteiger partial charge in [-0.2, -0.15) is 0 Å². The van der Waals surface area contributed by atoms with Crippen molar-refractivity contribution in [3.05, 3.63) is 65.4 Å². The molecule has 2 N–H and O–H groups in total. The SMILES string of the molecule is CN1CCN(Cc2ccc(-c3oc(-c4c(F)cccc4F)nc3C(N)=O)cc2)CC1. The first-order valence-electron chi connectivity index (χ1n) is 9.67. The highest BCUT2D eigenvalue weighted by atomic mass is 19.1. The molecule has 6 nitrogen and oxygen atoms in total. The van der Waals surface area contributed by atoms with Crippen molar-refractivity contribution in [1.82, 2.24) is 14.8 Å². The molecule has 8 heteroatoms. The van der Waals surface area contributed by atoms with Gasteiger partial charge in [0.2, 0.25) is 5.89 Å². The van der Waals surface area contributed by atoms with E-state index in [0.29, 0.717) is 5.56 Å². The lowest BCUT2D eigenvalue weighted by atomic mass is 10.1. The number of rotatable bonds is 5. The summed E-state index contributed by atoms with van der Waals surface area (Å²) >= 11 is 0. The van der Waals surface area contributed by atoms with Crippen LogP contribution >= 0.6 is 0 Å². The molecule has 0 unspecified atom stereocenters. The molecule has 1 fully saturated rings. The predicted molar refractivity (Wildman–Crippen MR) is 109 cm³/mol. The lowest BCUT2D eigenvalue weighted by molar-refractivity contribution is 0.0996. The van der Waals surface area contributed by atoms with Crippen LogP contribution < -0.4 is 5.73 Å². The molecule has 156 valence electrons. The Morgan fingerprint density at radius 2 is 1.70 bits per heavy atom. The third kappa shape index (κ3) is 4.10. The second-order valence-electron chi connectivity index (χ2n) is 7.43. The van der Waals surface area contributed by atoms with Crippen molar-refractivity contribution in [3.8, 4) is 22.8 Å². The van der Waals surface area contributed by atoms with Crippen LogP contribution in [-0.2, 0) is 6.54 Å². The van der Waals surface area contributed by atoms with Gasteiger partial charge < -0.3 is 15.1 Å². The van der Waals surface area contributed by atoms with Gasteiger partial charge in [0.15, 0.2) is 11.5 Å². The Bertz CT molecular complexity index is 1040. The normalized spacial score (nSPS) is 15.4. The fourth-order valence-corrected chi connectivity index (χ4v) is 3.52. The number of halogens is 2. The molecule has 2 aromatic carbocycles. The number of carbonyl (C=O) groups excluding carboxylic acids is 1. The van der Waals surface area contributed by atoms with E-state index in [-0.39, 0.29) is 17.3 Å². The molecular formula is C22H22F2N4O2. The molecule has 0 saturated carbocycles. The van der Waals surface area contributed by atoms with E-state index in [4.69, 9.17) is 10.2 Å². The molecule has 1 aliphatic heterocycles. The number of hydrogen-bond donors (Lipinski definition) is 1. The fourth-order valence-electron chi connectivity index (χ4n) is 3.52. The van der Waals surface area contributed by atoms with Crippen molar-refractivity contribution in [2.45, 2.75) is 6.54 Å². The maximum atomic E-state index is 14.1. The van der Waals surface area contributed by atoms with Crippen LogP contribution in [0.4, 0.5) is 8.78 Å². The van der Waals surface area contributed by atoms with E-state index in [1.807, 2.05) is 12.1 Å². The minimum absolute atomic E-state index is 0.0892. The van der Waals surface area contributed by atoms with Crippen LogP contribution in [-0.4, -0.2) is 53.9 Å². The first-order valence-corrected chi connectivity index (χ1v) is 9.67. The van der Waals surface area contributed by atoms with E-state index in [2.05, 4.69) is 21.8 Å². The molecule has 1 amide bonds. The quantitative estimate of drug-likeness (QED) is 0.697. The zero-order valence-corrected chi connectivity index (χ0v) is 16.6. The Balaban J connectivity index is 1.62. The molecule has 30 heavy (non-hydrogen) atoms. The van der Waals surface area contributed by atoms with E-state index in [9.17, 15) is 13.6 Å². The van der Waals surface area contributed by atoms with E-state index >= 15 is 0 Å². The monoisotopic (exact) mass is 412 g/mol. The molecule has 1 aliphatic rings. The number of primary amides is 1. The number of benzene rings is 2. The number of aromatic nitrogens is 1. The van der Waals surface area contributed by atoms with E-state index < -0.39 is 23.1 Å². The number of amides is 1. The molecule has 0 bridgehead atoms. The highest BCUT2D eigenvalue weighted by Gasteiger charge is 2.24. The number of oxazole rings is 1. The molecular weight excluding hydrogens is 390 g/mol. The largest absolute Gasteiger partial charge is 0.435 e. The van der Waals surface area contributed by atoms with Gasteiger partial charge in [0.25, 0.3) is 5.91 Å². The van der Waals surface area contributed by atoms with Crippen LogP contribution in [0.2, 0.25) is 0 Å². The Kier molecular flexibility index (Phi) is 5.61. The summed E-state index contributed by atoms with van der Waals surface area (Å²) in [6.45, 7) is 4.90. The summed E-state index contributed by atoms with van der Waals surface area (Å²) in [4.78, 5) is 20.5. The zero-order valence-electron chi connectivity index (χ0n) is 16.6. The Hall–Kier alpha value is -3.10. The molecule has 1 aromatic heterocycles. The van der Waals surface area contributed by atoms with Crippen molar-refractivity contribution < 1.29 is 18.0 Å². The first-order chi connectivity index (χ1) is 14.4. The second kappa shape index (κ2) is 8.33. The van der Waals surface area contributed by atoms with Gasteiger partial charge in [-0.3, -0.25) is 9.69 Å².